The number of nitrogens with one attached hydrogen (secondary N) is 1. The van der Waals surface area contributed by atoms with E-state index in [1.54, 1.807) is 0 Å². The zero-order valence-electron chi connectivity index (χ0n) is 11.5. The molecule has 0 aromatic heterocycles. The zero-order chi connectivity index (χ0) is 12.7. The van der Waals surface area contributed by atoms with Gasteiger partial charge >= 0.3 is 0 Å². The van der Waals surface area contributed by atoms with Crippen LogP contribution < -0.4 is 10.1 Å². The van der Waals surface area contributed by atoms with Gasteiger partial charge in [0.25, 0.3) is 0 Å². The van der Waals surface area contributed by atoms with Crippen molar-refractivity contribution < 1.29 is 4.74 Å². The molecule has 0 radical (unpaired) electrons. The number of rotatable bonds is 7. The van der Waals surface area contributed by atoms with E-state index in [-0.39, 0.29) is 0 Å². The van der Waals surface area contributed by atoms with Crippen molar-refractivity contribution >= 4 is 0 Å². The van der Waals surface area contributed by atoms with Crippen LogP contribution in [0.25, 0.3) is 0 Å². The highest BCUT2D eigenvalue weighted by molar-refractivity contribution is 5.27. The van der Waals surface area contributed by atoms with Gasteiger partial charge in [-0.2, -0.15) is 0 Å². The molecular weight excluding hydrogens is 210 g/mol. The van der Waals surface area contributed by atoms with E-state index >= 15 is 0 Å². The summed E-state index contributed by atoms with van der Waals surface area (Å²) in [7, 11) is 0. The molecule has 2 nitrogen and oxygen atoms in total. The molecule has 1 atom stereocenters. The lowest BCUT2D eigenvalue weighted by Crippen LogP contribution is -2.32. The maximum atomic E-state index is 5.43. The highest BCUT2D eigenvalue weighted by atomic mass is 16.5. The first kappa shape index (κ1) is 14.0. The molecule has 0 saturated heterocycles. The zero-order valence-corrected chi connectivity index (χ0v) is 11.5. The minimum Gasteiger partial charge on any atom is -0.494 e. The van der Waals surface area contributed by atoms with Crippen molar-refractivity contribution in [2.24, 2.45) is 5.92 Å². The van der Waals surface area contributed by atoms with E-state index in [2.05, 4.69) is 38.2 Å². The summed E-state index contributed by atoms with van der Waals surface area (Å²) in [6, 6.07) is 8.94. The molecule has 1 aromatic carbocycles. The minimum absolute atomic E-state index is 0.599. The first-order chi connectivity index (χ1) is 8.17. The third kappa shape index (κ3) is 4.78. The van der Waals surface area contributed by atoms with Gasteiger partial charge < -0.3 is 10.1 Å². The summed E-state index contributed by atoms with van der Waals surface area (Å²) in [5.74, 6) is 1.63. The summed E-state index contributed by atoms with van der Waals surface area (Å²) in [6.07, 6.45) is 1.18. The average molecular weight is 235 g/mol. The van der Waals surface area contributed by atoms with Crippen LogP contribution in [0.15, 0.2) is 24.3 Å². The fraction of sp³-hybridized carbons (Fsp3) is 0.600. The van der Waals surface area contributed by atoms with Crippen LogP contribution in [-0.2, 0) is 6.54 Å². The van der Waals surface area contributed by atoms with Gasteiger partial charge in [0.05, 0.1) is 6.61 Å². The van der Waals surface area contributed by atoms with Crippen LogP contribution in [0.5, 0.6) is 5.75 Å². The molecule has 0 fully saturated rings. The monoisotopic (exact) mass is 235 g/mol. The third-order valence-corrected chi connectivity index (χ3v) is 3.05. The molecule has 2 heteroatoms. The van der Waals surface area contributed by atoms with E-state index in [1.165, 1.54) is 12.0 Å². The maximum Gasteiger partial charge on any atom is 0.119 e. The lowest BCUT2D eigenvalue weighted by molar-refractivity contribution is 0.340. The standard InChI is InChI=1S/C15H25NO/c1-5-15(12(3)4)16-11-13-7-9-14(10-8-13)17-6-2/h7-10,12,15-16H,5-6,11H2,1-4H3. The van der Waals surface area contributed by atoms with Crippen LogP contribution in [0.3, 0.4) is 0 Å². The summed E-state index contributed by atoms with van der Waals surface area (Å²) >= 11 is 0. The largest absolute Gasteiger partial charge is 0.494 e. The molecule has 0 heterocycles. The molecule has 0 aliphatic heterocycles. The smallest absolute Gasteiger partial charge is 0.119 e. The van der Waals surface area contributed by atoms with E-state index in [9.17, 15) is 0 Å². The Balaban J connectivity index is 2.46. The van der Waals surface area contributed by atoms with Crippen LogP contribution in [0.1, 0.15) is 39.7 Å². The van der Waals surface area contributed by atoms with Crippen LogP contribution in [0, 0.1) is 5.92 Å². The van der Waals surface area contributed by atoms with Gasteiger partial charge in [-0.15, -0.1) is 0 Å². The number of ether oxygens (including phenoxy) is 1. The third-order valence-electron chi connectivity index (χ3n) is 3.05. The molecule has 1 N–H and O–H groups in total. The number of hydrogen-bond acceptors (Lipinski definition) is 2. The van der Waals surface area contributed by atoms with Crippen molar-refractivity contribution in [2.45, 2.75) is 46.7 Å². The van der Waals surface area contributed by atoms with Crippen molar-refractivity contribution in [3.8, 4) is 5.75 Å². The summed E-state index contributed by atoms with van der Waals surface area (Å²) in [6.45, 7) is 10.4. The molecule has 0 bridgehead atoms. The fourth-order valence-electron chi connectivity index (χ4n) is 1.97. The first-order valence-corrected chi connectivity index (χ1v) is 6.62. The Morgan fingerprint density at radius 2 is 1.76 bits per heavy atom. The van der Waals surface area contributed by atoms with Crippen molar-refractivity contribution in [3.63, 3.8) is 0 Å². The highest BCUT2D eigenvalue weighted by Gasteiger charge is 2.09. The molecule has 0 spiro atoms. The van der Waals surface area contributed by atoms with Gasteiger partial charge in [0.2, 0.25) is 0 Å². The van der Waals surface area contributed by atoms with Crippen LogP contribution in [-0.4, -0.2) is 12.6 Å². The molecule has 1 aromatic rings. The first-order valence-electron chi connectivity index (χ1n) is 6.62. The topological polar surface area (TPSA) is 21.3 Å². The van der Waals surface area contributed by atoms with Gasteiger partial charge in [0, 0.05) is 12.6 Å². The second-order valence-corrected chi connectivity index (χ2v) is 4.72. The SMILES string of the molecule is CCOc1ccc(CNC(CC)C(C)C)cc1. The predicted octanol–water partition coefficient (Wildman–Crippen LogP) is 3.61. The van der Waals surface area contributed by atoms with E-state index in [1.807, 2.05) is 19.1 Å². The molecule has 0 aliphatic carbocycles. The molecule has 0 aliphatic rings. The maximum absolute atomic E-state index is 5.43. The van der Waals surface area contributed by atoms with E-state index in [0.717, 1.165) is 18.9 Å². The Bertz CT molecular complexity index is 305. The second-order valence-electron chi connectivity index (χ2n) is 4.72. The predicted molar refractivity (Wildman–Crippen MR) is 73.4 cm³/mol. The van der Waals surface area contributed by atoms with Crippen LogP contribution in [0.4, 0.5) is 0 Å². The molecule has 1 rings (SSSR count). The van der Waals surface area contributed by atoms with E-state index in [0.29, 0.717) is 12.0 Å². The Morgan fingerprint density at radius 3 is 2.24 bits per heavy atom. The van der Waals surface area contributed by atoms with Crippen molar-refractivity contribution in [1.82, 2.24) is 5.32 Å². The molecule has 0 saturated carbocycles. The van der Waals surface area contributed by atoms with E-state index in [4.69, 9.17) is 4.74 Å². The summed E-state index contributed by atoms with van der Waals surface area (Å²) in [5, 5.41) is 3.60. The van der Waals surface area contributed by atoms with Gasteiger partial charge in [-0.3, -0.25) is 0 Å². The average Bonchev–Trinajstić information content (AvgIpc) is 2.32. The number of benzene rings is 1. The lowest BCUT2D eigenvalue weighted by Gasteiger charge is -2.20. The van der Waals surface area contributed by atoms with Gasteiger partial charge in [0.1, 0.15) is 5.75 Å². The highest BCUT2D eigenvalue weighted by Crippen LogP contribution is 2.13. The molecule has 1 unspecified atom stereocenters. The molecule has 96 valence electrons. The normalized spacial score (nSPS) is 12.8. The lowest BCUT2D eigenvalue weighted by atomic mass is 10.0. The Labute approximate surface area is 105 Å². The minimum atomic E-state index is 0.599. The van der Waals surface area contributed by atoms with E-state index < -0.39 is 0 Å². The summed E-state index contributed by atoms with van der Waals surface area (Å²) < 4.78 is 5.43. The number of hydrogen-bond donors (Lipinski definition) is 1. The fourth-order valence-corrected chi connectivity index (χ4v) is 1.97. The molecular formula is C15H25NO. The second kappa shape index (κ2) is 7.33. The van der Waals surface area contributed by atoms with Gasteiger partial charge in [0.15, 0.2) is 0 Å². The Morgan fingerprint density at radius 1 is 1.12 bits per heavy atom. The Kier molecular flexibility index (Phi) is 6.06. The van der Waals surface area contributed by atoms with Crippen LogP contribution in [0.2, 0.25) is 0 Å². The molecule has 0 amide bonds. The summed E-state index contributed by atoms with van der Waals surface area (Å²) in [4.78, 5) is 0. The van der Waals surface area contributed by atoms with Crippen molar-refractivity contribution in [2.75, 3.05) is 6.61 Å². The van der Waals surface area contributed by atoms with Crippen molar-refractivity contribution in [3.05, 3.63) is 29.8 Å². The van der Waals surface area contributed by atoms with Gasteiger partial charge in [-0.1, -0.05) is 32.9 Å². The Hall–Kier alpha value is -1.02. The van der Waals surface area contributed by atoms with Crippen LogP contribution >= 0.6 is 0 Å². The molecule has 17 heavy (non-hydrogen) atoms. The van der Waals surface area contributed by atoms with Crippen molar-refractivity contribution in [1.29, 1.82) is 0 Å². The van der Waals surface area contributed by atoms with Gasteiger partial charge in [-0.05, 0) is 37.0 Å². The quantitative estimate of drug-likeness (QED) is 0.779. The summed E-state index contributed by atoms with van der Waals surface area (Å²) in [5.41, 5.74) is 1.31. The van der Waals surface area contributed by atoms with Gasteiger partial charge in [-0.25, -0.2) is 0 Å².